The molecule has 9 heteroatoms. The summed E-state index contributed by atoms with van der Waals surface area (Å²) in [4.78, 5) is 35.9. The van der Waals surface area contributed by atoms with E-state index in [0.717, 1.165) is 0 Å². The Hall–Kier alpha value is -2.35. The molecule has 1 heterocycles. The topological polar surface area (TPSA) is 99.0 Å². The Bertz CT molecular complexity index is 658. The zero-order valence-electron chi connectivity index (χ0n) is 13.8. The van der Waals surface area contributed by atoms with E-state index < -0.39 is 4.92 Å². The van der Waals surface area contributed by atoms with Crippen LogP contribution < -0.4 is 4.74 Å². The molecule has 0 bridgehead atoms. The molecular weight excluding hydrogens is 352 g/mol. The van der Waals surface area contributed by atoms with Gasteiger partial charge in [-0.1, -0.05) is 11.6 Å². The number of likely N-dealkylation sites (tertiary alicyclic amines) is 1. The van der Waals surface area contributed by atoms with Crippen molar-refractivity contribution >= 4 is 29.2 Å². The average Bonchev–Trinajstić information content (AvgIpc) is 2.60. The standard InChI is InChI=1S/C16H19ClN2O6/c1-2-24-16(21)11-5-7-18(8-6-11)15(20)10-25-14-4-3-12(17)9-13(14)19(22)23/h3-4,9,11H,2,5-8,10H2,1H3. The average molecular weight is 371 g/mol. The second kappa shape index (κ2) is 8.66. The smallest absolute Gasteiger partial charge is 0.312 e. The molecule has 0 radical (unpaired) electrons. The summed E-state index contributed by atoms with van der Waals surface area (Å²) < 4.78 is 10.3. The molecule has 1 fully saturated rings. The summed E-state index contributed by atoms with van der Waals surface area (Å²) >= 11 is 5.73. The van der Waals surface area contributed by atoms with Gasteiger partial charge in [-0.15, -0.1) is 0 Å². The minimum atomic E-state index is -0.615. The van der Waals surface area contributed by atoms with E-state index in [1.165, 1.54) is 18.2 Å². The van der Waals surface area contributed by atoms with Crippen molar-refractivity contribution in [2.75, 3.05) is 26.3 Å². The Morgan fingerprint density at radius 1 is 1.36 bits per heavy atom. The van der Waals surface area contributed by atoms with Gasteiger partial charge in [0.05, 0.1) is 17.4 Å². The number of amides is 1. The molecule has 8 nitrogen and oxygen atoms in total. The van der Waals surface area contributed by atoms with Crippen LogP contribution in [0.5, 0.6) is 5.75 Å². The fraction of sp³-hybridized carbons (Fsp3) is 0.500. The number of hydrogen-bond acceptors (Lipinski definition) is 6. The molecule has 1 saturated heterocycles. The maximum atomic E-state index is 12.2. The Labute approximate surface area is 149 Å². The largest absolute Gasteiger partial charge is 0.477 e. The molecule has 1 aromatic carbocycles. The van der Waals surface area contributed by atoms with Gasteiger partial charge in [0.2, 0.25) is 0 Å². The minimum absolute atomic E-state index is 0.0100. The molecular formula is C16H19ClN2O6. The summed E-state index contributed by atoms with van der Waals surface area (Å²) in [5, 5.41) is 11.2. The molecule has 1 aliphatic rings. The van der Waals surface area contributed by atoms with Gasteiger partial charge in [-0.2, -0.15) is 0 Å². The summed E-state index contributed by atoms with van der Waals surface area (Å²) in [6.45, 7) is 2.63. The van der Waals surface area contributed by atoms with Crippen molar-refractivity contribution in [1.29, 1.82) is 0 Å². The van der Waals surface area contributed by atoms with E-state index in [0.29, 0.717) is 32.5 Å². The molecule has 0 saturated carbocycles. The molecule has 1 amide bonds. The van der Waals surface area contributed by atoms with E-state index >= 15 is 0 Å². The minimum Gasteiger partial charge on any atom is -0.477 e. The molecule has 25 heavy (non-hydrogen) atoms. The first-order valence-corrected chi connectivity index (χ1v) is 8.31. The normalized spacial score (nSPS) is 14.9. The van der Waals surface area contributed by atoms with Crippen LogP contribution in [0.25, 0.3) is 0 Å². The van der Waals surface area contributed by atoms with E-state index in [-0.39, 0.29) is 40.9 Å². The quantitative estimate of drug-likeness (QED) is 0.433. The molecule has 0 spiro atoms. The van der Waals surface area contributed by atoms with Crippen molar-refractivity contribution in [3.05, 3.63) is 33.3 Å². The number of halogens is 1. The predicted octanol–water partition coefficient (Wildman–Crippen LogP) is 2.43. The lowest BCUT2D eigenvalue weighted by Gasteiger charge is -2.30. The fourth-order valence-corrected chi connectivity index (χ4v) is 2.78. The first kappa shape index (κ1) is 19.0. The van der Waals surface area contributed by atoms with Crippen LogP contribution in [0.3, 0.4) is 0 Å². The lowest BCUT2D eigenvalue weighted by Crippen LogP contribution is -2.42. The summed E-state index contributed by atoms with van der Waals surface area (Å²) in [7, 11) is 0. The molecule has 1 aliphatic heterocycles. The molecule has 0 unspecified atom stereocenters. The maximum absolute atomic E-state index is 12.2. The number of carbonyl (C=O) groups excluding carboxylic acids is 2. The molecule has 0 atom stereocenters. The monoisotopic (exact) mass is 370 g/mol. The number of piperidine rings is 1. The van der Waals surface area contributed by atoms with E-state index in [9.17, 15) is 19.7 Å². The van der Waals surface area contributed by atoms with E-state index in [4.69, 9.17) is 21.1 Å². The van der Waals surface area contributed by atoms with Crippen LogP contribution in [0.2, 0.25) is 5.02 Å². The Morgan fingerprint density at radius 2 is 2.04 bits per heavy atom. The van der Waals surface area contributed by atoms with Crippen LogP contribution >= 0.6 is 11.6 Å². The third kappa shape index (κ3) is 5.06. The summed E-state index contributed by atoms with van der Waals surface area (Å²) in [5.41, 5.74) is -0.290. The van der Waals surface area contributed by atoms with Crippen LogP contribution in [-0.2, 0) is 14.3 Å². The second-order valence-corrected chi connectivity index (χ2v) is 6.00. The number of ether oxygens (including phenoxy) is 2. The van der Waals surface area contributed by atoms with Gasteiger partial charge in [-0.05, 0) is 31.9 Å². The van der Waals surface area contributed by atoms with Crippen LogP contribution in [0.15, 0.2) is 18.2 Å². The Kier molecular flexibility index (Phi) is 6.58. The zero-order chi connectivity index (χ0) is 18.4. The van der Waals surface area contributed by atoms with Gasteiger partial charge in [0.1, 0.15) is 0 Å². The lowest BCUT2D eigenvalue weighted by molar-refractivity contribution is -0.385. The van der Waals surface area contributed by atoms with Gasteiger partial charge in [0.15, 0.2) is 12.4 Å². The lowest BCUT2D eigenvalue weighted by atomic mass is 9.97. The van der Waals surface area contributed by atoms with Crippen LogP contribution in [0, 0.1) is 16.0 Å². The van der Waals surface area contributed by atoms with Crippen molar-refractivity contribution in [1.82, 2.24) is 4.90 Å². The molecule has 1 aromatic rings. The highest BCUT2D eigenvalue weighted by Crippen LogP contribution is 2.30. The predicted molar refractivity (Wildman–Crippen MR) is 89.5 cm³/mol. The Balaban J connectivity index is 1.88. The number of esters is 1. The molecule has 0 aromatic heterocycles. The van der Waals surface area contributed by atoms with Gasteiger partial charge in [-0.3, -0.25) is 19.7 Å². The maximum Gasteiger partial charge on any atom is 0.312 e. The number of nitro groups is 1. The van der Waals surface area contributed by atoms with Crippen molar-refractivity contribution in [2.24, 2.45) is 5.92 Å². The Morgan fingerprint density at radius 3 is 2.64 bits per heavy atom. The van der Waals surface area contributed by atoms with Gasteiger partial charge < -0.3 is 14.4 Å². The van der Waals surface area contributed by atoms with Crippen molar-refractivity contribution in [3.63, 3.8) is 0 Å². The van der Waals surface area contributed by atoms with Crippen molar-refractivity contribution in [2.45, 2.75) is 19.8 Å². The fourth-order valence-electron chi connectivity index (χ4n) is 2.61. The van der Waals surface area contributed by atoms with Crippen molar-refractivity contribution in [3.8, 4) is 5.75 Å². The van der Waals surface area contributed by atoms with Crippen LogP contribution in [0.4, 0.5) is 5.69 Å². The molecule has 0 N–H and O–H groups in total. The highest BCUT2D eigenvalue weighted by atomic mass is 35.5. The molecule has 2 rings (SSSR count). The third-order valence-corrected chi connectivity index (χ3v) is 4.17. The van der Waals surface area contributed by atoms with Crippen LogP contribution in [0.1, 0.15) is 19.8 Å². The zero-order valence-corrected chi connectivity index (χ0v) is 14.5. The van der Waals surface area contributed by atoms with Gasteiger partial charge in [0, 0.05) is 24.2 Å². The van der Waals surface area contributed by atoms with Gasteiger partial charge >= 0.3 is 11.7 Å². The third-order valence-electron chi connectivity index (χ3n) is 3.94. The SMILES string of the molecule is CCOC(=O)C1CCN(C(=O)COc2ccc(Cl)cc2[N+](=O)[O-])CC1. The summed E-state index contributed by atoms with van der Waals surface area (Å²) in [6, 6.07) is 3.99. The number of hydrogen-bond donors (Lipinski definition) is 0. The van der Waals surface area contributed by atoms with E-state index in [2.05, 4.69) is 0 Å². The van der Waals surface area contributed by atoms with E-state index in [1.807, 2.05) is 0 Å². The first-order chi connectivity index (χ1) is 11.9. The van der Waals surface area contributed by atoms with Gasteiger partial charge in [-0.25, -0.2) is 0 Å². The van der Waals surface area contributed by atoms with Crippen molar-refractivity contribution < 1.29 is 24.0 Å². The molecule has 136 valence electrons. The number of rotatable bonds is 6. The highest BCUT2D eigenvalue weighted by molar-refractivity contribution is 6.30. The summed E-state index contributed by atoms with van der Waals surface area (Å²) in [5.74, 6) is -0.722. The number of carbonyl (C=O) groups is 2. The first-order valence-electron chi connectivity index (χ1n) is 7.93. The van der Waals surface area contributed by atoms with Gasteiger partial charge in [0.25, 0.3) is 5.91 Å². The molecule has 0 aliphatic carbocycles. The number of nitro benzene ring substituents is 1. The van der Waals surface area contributed by atoms with E-state index in [1.54, 1.807) is 11.8 Å². The summed E-state index contributed by atoms with van der Waals surface area (Å²) in [6.07, 6.45) is 1.07. The number of benzene rings is 1. The second-order valence-electron chi connectivity index (χ2n) is 5.56. The number of nitrogens with zero attached hydrogens (tertiary/aromatic N) is 2. The highest BCUT2D eigenvalue weighted by Gasteiger charge is 2.28. The van der Waals surface area contributed by atoms with Crippen LogP contribution in [-0.4, -0.2) is 48.0 Å².